The lowest BCUT2D eigenvalue weighted by atomic mass is 10.2. The molecule has 1 aliphatic heterocycles. The Morgan fingerprint density at radius 3 is 2.94 bits per heavy atom. The van der Waals surface area contributed by atoms with Gasteiger partial charge in [-0.1, -0.05) is 6.07 Å². The van der Waals surface area contributed by atoms with E-state index in [2.05, 4.69) is 25.2 Å². The summed E-state index contributed by atoms with van der Waals surface area (Å²) in [7, 11) is 1.62. The van der Waals surface area contributed by atoms with Crippen LogP contribution < -0.4 is 15.0 Å². The van der Waals surface area contributed by atoms with Crippen LogP contribution in [0.25, 0.3) is 17.0 Å². The fourth-order valence-corrected chi connectivity index (χ4v) is 3.82. The predicted octanol–water partition coefficient (Wildman–Crippen LogP) is 3.91. The molecule has 0 spiro atoms. The van der Waals surface area contributed by atoms with Gasteiger partial charge in [0.15, 0.2) is 5.82 Å². The van der Waals surface area contributed by atoms with E-state index in [1.165, 1.54) is 0 Å². The van der Waals surface area contributed by atoms with Crippen LogP contribution in [-0.2, 0) is 4.74 Å². The van der Waals surface area contributed by atoms with Crippen LogP contribution in [0.3, 0.4) is 0 Å². The third-order valence-electron chi connectivity index (χ3n) is 5.42. The summed E-state index contributed by atoms with van der Waals surface area (Å²) in [4.78, 5) is 15.1. The van der Waals surface area contributed by atoms with Gasteiger partial charge in [0.25, 0.3) is 0 Å². The van der Waals surface area contributed by atoms with Gasteiger partial charge < -0.3 is 19.7 Å². The minimum Gasteiger partial charge on any atom is -0.494 e. The third kappa shape index (κ3) is 3.94. The Balaban J connectivity index is 1.44. The maximum atomic E-state index is 14.6. The molecule has 0 radical (unpaired) electrons. The molecule has 164 valence electrons. The molecular weight excluding hydrogens is 411 g/mol. The van der Waals surface area contributed by atoms with Crippen LogP contribution in [0.5, 0.6) is 5.75 Å². The first-order chi connectivity index (χ1) is 15.7. The molecule has 1 N–H and O–H groups in total. The highest BCUT2D eigenvalue weighted by atomic mass is 19.1. The van der Waals surface area contributed by atoms with E-state index in [9.17, 15) is 4.39 Å². The Morgan fingerprint density at radius 2 is 2.03 bits per heavy atom. The zero-order valence-corrected chi connectivity index (χ0v) is 17.7. The monoisotopic (exact) mass is 434 g/mol. The first-order valence-corrected chi connectivity index (χ1v) is 10.5. The molecular formula is C23H23FN6O2. The van der Waals surface area contributed by atoms with Gasteiger partial charge in [-0.3, -0.25) is 4.40 Å². The molecule has 5 rings (SSSR count). The molecule has 0 saturated carbocycles. The lowest BCUT2D eigenvalue weighted by molar-refractivity contribution is 0.152. The fourth-order valence-electron chi connectivity index (χ4n) is 3.82. The Morgan fingerprint density at radius 1 is 1.09 bits per heavy atom. The van der Waals surface area contributed by atoms with Crippen LogP contribution in [0, 0.1) is 5.82 Å². The van der Waals surface area contributed by atoms with Crippen LogP contribution >= 0.6 is 0 Å². The average Bonchev–Trinajstić information content (AvgIpc) is 3.06. The van der Waals surface area contributed by atoms with Crippen molar-refractivity contribution in [3.05, 3.63) is 60.8 Å². The van der Waals surface area contributed by atoms with Crippen LogP contribution in [0.1, 0.15) is 6.42 Å². The summed E-state index contributed by atoms with van der Waals surface area (Å²) in [5.74, 6) is 0.394. The number of pyridine rings is 1. The highest BCUT2D eigenvalue weighted by Crippen LogP contribution is 2.32. The van der Waals surface area contributed by atoms with Crippen LogP contribution in [-0.4, -0.2) is 52.8 Å². The molecule has 32 heavy (non-hydrogen) atoms. The third-order valence-corrected chi connectivity index (χ3v) is 5.42. The lowest BCUT2D eigenvalue weighted by Gasteiger charge is -2.23. The van der Waals surface area contributed by atoms with Gasteiger partial charge in [0.05, 0.1) is 37.5 Å². The number of rotatable bonds is 5. The zero-order valence-electron chi connectivity index (χ0n) is 17.7. The Kier molecular flexibility index (Phi) is 5.55. The van der Waals surface area contributed by atoms with Gasteiger partial charge in [-0.05, 0) is 30.7 Å². The standard InChI is InChI=1S/C23H23FN6O2/c1-31-20-13-16(29-8-4-11-32-12-10-29)6-7-18(20)27-23-26-14-17(24)22(28-23)19-15-25-21-5-2-3-9-30(19)21/h2-3,5-7,9,13-15H,4,8,10-12H2,1H3,(H,26,27,28). The van der Waals surface area contributed by atoms with E-state index in [0.29, 0.717) is 29.4 Å². The maximum Gasteiger partial charge on any atom is 0.228 e. The summed E-state index contributed by atoms with van der Waals surface area (Å²) >= 11 is 0. The van der Waals surface area contributed by atoms with Gasteiger partial charge in [-0.2, -0.15) is 0 Å². The van der Waals surface area contributed by atoms with Gasteiger partial charge in [-0.25, -0.2) is 19.3 Å². The van der Waals surface area contributed by atoms with Crippen molar-refractivity contribution in [1.29, 1.82) is 0 Å². The molecule has 1 aliphatic rings. The highest BCUT2D eigenvalue weighted by molar-refractivity contribution is 5.69. The van der Waals surface area contributed by atoms with Crippen molar-refractivity contribution >= 4 is 23.0 Å². The smallest absolute Gasteiger partial charge is 0.228 e. The molecule has 0 atom stereocenters. The van der Waals surface area contributed by atoms with Crippen molar-refractivity contribution in [2.75, 3.05) is 43.6 Å². The second-order valence-corrected chi connectivity index (χ2v) is 7.42. The minimum atomic E-state index is -0.521. The fraction of sp³-hybridized carbons (Fsp3) is 0.261. The molecule has 0 bridgehead atoms. The van der Waals surface area contributed by atoms with E-state index >= 15 is 0 Å². The number of hydrogen-bond acceptors (Lipinski definition) is 7. The predicted molar refractivity (Wildman–Crippen MR) is 120 cm³/mol. The zero-order chi connectivity index (χ0) is 21.9. The molecule has 1 fully saturated rings. The summed E-state index contributed by atoms with van der Waals surface area (Å²) in [6.07, 6.45) is 5.57. The van der Waals surface area contributed by atoms with Gasteiger partial charge in [-0.15, -0.1) is 0 Å². The molecule has 8 nitrogen and oxygen atoms in total. The molecule has 0 aliphatic carbocycles. The molecule has 9 heteroatoms. The van der Waals surface area contributed by atoms with Crippen molar-refractivity contribution in [1.82, 2.24) is 19.4 Å². The topological polar surface area (TPSA) is 76.8 Å². The SMILES string of the molecule is COc1cc(N2CCCOCC2)ccc1Nc1ncc(F)c(-c2cnc3ccccn23)n1. The summed E-state index contributed by atoms with van der Waals surface area (Å²) in [6.45, 7) is 3.25. The molecule has 0 unspecified atom stereocenters. The molecule has 0 amide bonds. The normalized spacial score (nSPS) is 14.4. The Hall–Kier alpha value is -3.72. The van der Waals surface area contributed by atoms with E-state index in [-0.39, 0.29) is 11.6 Å². The summed E-state index contributed by atoms with van der Waals surface area (Å²) in [5, 5.41) is 3.16. The largest absolute Gasteiger partial charge is 0.494 e. The van der Waals surface area contributed by atoms with Crippen LogP contribution in [0.15, 0.2) is 55.0 Å². The second kappa shape index (κ2) is 8.80. The van der Waals surface area contributed by atoms with E-state index in [1.807, 2.05) is 42.6 Å². The molecule has 4 aromatic rings. The summed E-state index contributed by atoms with van der Waals surface area (Å²) < 4.78 is 27.5. The number of methoxy groups -OCH3 is 1. The number of nitrogens with one attached hydrogen (secondary N) is 1. The average molecular weight is 434 g/mol. The van der Waals surface area contributed by atoms with E-state index in [4.69, 9.17) is 9.47 Å². The van der Waals surface area contributed by atoms with E-state index < -0.39 is 5.82 Å². The van der Waals surface area contributed by atoms with Crippen molar-refractivity contribution in [2.24, 2.45) is 0 Å². The number of benzene rings is 1. The molecule has 4 heterocycles. The lowest BCUT2D eigenvalue weighted by Crippen LogP contribution is -2.25. The maximum absolute atomic E-state index is 14.6. The number of hydrogen-bond donors (Lipinski definition) is 1. The van der Waals surface area contributed by atoms with Crippen molar-refractivity contribution in [3.8, 4) is 17.1 Å². The van der Waals surface area contributed by atoms with Crippen LogP contribution in [0.2, 0.25) is 0 Å². The van der Waals surface area contributed by atoms with E-state index in [1.54, 1.807) is 17.7 Å². The first kappa shape index (κ1) is 20.2. The van der Waals surface area contributed by atoms with Gasteiger partial charge in [0.2, 0.25) is 5.95 Å². The first-order valence-electron chi connectivity index (χ1n) is 10.5. The summed E-state index contributed by atoms with van der Waals surface area (Å²) in [5.41, 5.74) is 3.18. The number of anilines is 3. The van der Waals surface area contributed by atoms with Gasteiger partial charge >= 0.3 is 0 Å². The quantitative estimate of drug-likeness (QED) is 0.510. The summed E-state index contributed by atoms with van der Waals surface area (Å²) in [6, 6.07) is 11.5. The number of ether oxygens (including phenoxy) is 2. The van der Waals surface area contributed by atoms with Gasteiger partial charge in [0.1, 0.15) is 17.1 Å². The molecule has 1 saturated heterocycles. The minimum absolute atomic E-state index is 0.168. The second-order valence-electron chi connectivity index (χ2n) is 7.42. The van der Waals surface area contributed by atoms with Crippen molar-refractivity contribution in [3.63, 3.8) is 0 Å². The number of imidazole rings is 1. The highest BCUT2D eigenvalue weighted by Gasteiger charge is 2.16. The number of aromatic nitrogens is 4. The Bertz CT molecular complexity index is 1240. The number of halogens is 1. The molecule has 1 aromatic carbocycles. The number of nitrogens with zero attached hydrogens (tertiary/aromatic N) is 5. The molecule has 3 aromatic heterocycles. The van der Waals surface area contributed by atoms with Crippen molar-refractivity contribution in [2.45, 2.75) is 6.42 Å². The Labute approximate surface area is 184 Å². The van der Waals surface area contributed by atoms with Crippen molar-refractivity contribution < 1.29 is 13.9 Å². The van der Waals surface area contributed by atoms with Gasteiger partial charge in [0, 0.05) is 37.6 Å². The van der Waals surface area contributed by atoms with Crippen LogP contribution in [0.4, 0.5) is 21.7 Å². The number of fused-ring (bicyclic) bond motifs is 1. The van der Waals surface area contributed by atoms with E-state index in [0.717, 1.165) is 38.0 Å².